The summed E-state index contributed by atoms with van der Waals surface area (Å²) >= 11 is 3.33. The lowest BCUT2D eigenvalue weighted by molar-refractivity contribution is -0.138. The van der Waals surface area contributed by atoms with Gasteiger partial charge in [0.1, 0.15) is 13.1 Å². The van der Waals surface area contributed by atoms with Crippen LogP contribution in [0.1, 0.15) is 5.56 Å². The molecule has 1 aromatic carbocycles. The molecule has 1 aromatic rings. The van der Waals surface area contributed by atoms with Gasteiger partial charge in [-0.25, -0.2) is 4.79 Å². The number of carboxylic acids is 1. The topological polar surface area (TPSA) is 104 Å². The molecule has 0 spiro atoms. The summed E-state index contributed by atoms with van der Waals surface area (Å²) in [5.41, 5.74) is 5.90. The van der Waals surface area contributed by atoms with E-state index in [1.165, 1.54) is 11.9 Å². The van der Waals surface area contributed by atoms with Gasteiger partial charge in [0, 0.05) is 18.1 Å². The van der Waals surface area contributed by atoms with Gasteiger partial charge in [0.25, 0.3) is 0 Å². The fourth-order valence-electron chi connectivity index (χ4n) is 1.76. The molecule has 0 aromatic heterocycles. The maximum atomic E-state index is 12.2. The SMILES string of the molecule is CN(Cc1cccc(Br)c1)C(=O)N(CC(N)=O)CC(=O)O. The Balaban J connectivity index is 2.77. The second kappa shape index (κ2) is 7.63. The minimum Gasteiger partial charge on any atom is -0.480 e. The smallest absolute Gasteiger partial charge is 0.323 e. The Morgan fingerprint density at radius 1 is 1.29 bits per heavy atom. The van der Waals surface area contributed by atoms with E-state index in [0.29, 0.717) is 0 Å². The van der Waals surface area contributed by atoms with Crippen molar-refractivity contribution in [3.8, 4) is 0 Å². The van der Waals surface area contributed by atoms with Crippen LogP contribution in [0.15, 0.2) is 28.7 Å². The van der Waals surface area contributed by atoms with Gasteiger partial charge in [-0.05, 0) is 17.7 Å². The number of carbonyl (C=O) groups excluding carboxylic acids is 2. The normalized spacial score (nSPS) is 10.0. The van der Waals surface area contributed by atoms with Crippen LogP contribution in [-0.4, -0.2) is 53.0 Å². The summed E-state index contributed by atoms with van der Waals surface area (Å²) < 4.78 is 0.875. The summed E-state index contributed by atoms with van der Waals surface area (Å²) in [6, 6.07) is 6.80. The van der Waals surface area contributed by atoms with Crippen molar-refractivity contribution in [2.45, 2.75) is 6.54 Å². The number of nitrogens with two attached hydrogens (primary N) is 1. The lowest BCUT2D eigenvalue weighted by atomic mass is 10.2. The fraction of sp³-hybridized carbons (Fsp3) is 0.308. The zero-order chi connectivity index (χ0) is 16.0. The van der Waals surface area contributed by atoms with Crippen LogP contribution in [0.25, 0.3) is 0 Å². The minimum atomic E-state index is -1.21. The third-order valence-electron chi connectivity index (χ3n) is 2.58. The van der Waals surface area contributed by atoms with Crippen molar-refractivity contribution < 1.29 is 19.5 Å². The quantitative estimate of drug-likeness (QED) is 0.788. The first-order valence-electron chi connectivity index (χ1n) is 6.04. The van der Waals surface area contributed by atoms with Crippen LogP contribution in [0, 0.1) is 0 Å². The van der Waals surface area contributed by atoms with Crippen molar-refractivity contribution in [2.24, 2.45) is 5.73 Å². The molecule has 0 aliphatic heterocycles. The number of benzene rings is 1. The Kier molecular flexibility index (Phi) is 6.16. The predicted octanol–water partition coefficient (Wildman–Crippen LogP) is 0.873. The van der Waals surface area contributed by atoms with E-state index in [-0.39, 0.29) is 6.54 Å². The lowest BCUT2D eigenvalue weighted by Crippen LogP contribution is -2.47. The molecule has 0 unspecified atom stereocenters. The molecule has 0 saturated heterocycles. The highest BCUT2D eigenvalue weighted by molar-refractivity contribution is 9.10. The summed E-state index contributed by atoms with van der Waals surface area (Å²) in [5, 5.41) is 8.78. The van der Waals surface area contributed by atoms with Crippen molar-refractivity contribution in [2.75, 3.05) is 20.1 Å². The van der Waals surface area contributed by atoms with Gasteiger partial charge in [0.2, 0.25) is 5.91 Å². The fourth-order valence-corrected chi connectivity index (χ4v) is 2.21. The highest BCUT2D eigenvalue weighted by Gasteiger charge is 2.22. The van der Waals surface area contributed by atoms with E-state index in [2.05, 4.69) is 15.9 Å². The molecule has 0 heterocycles. The maximum absolute atomic E-state index is 12.2. The standard InChI is InChI=1S/C13H16BrN3O4/c1-16(6-9-3-2-4-10(14)5-9)13(21)17(7-11(15)18)8-12(19)20/h2-5H,6-8H2,1H3,(H2,15,18)(H,19,20). The van der Waals surface area contributed by atoms with Crippen molar-refractivity contribution >= 4 is 33.8 Å². The molecule has 3 amide bonds. The first kappa shape index (κ1) is 17.0. The number of halogens is 1. The van der Waals surface area contributed by atoms with E-state index in [1.54, 1.807) is 0 Å². The number of hydrogen-bond donors (Lipinski definition) is 2. The lowest BCUT2D eigenvalue weighted by Gasteiger charge is -2.26. The Morgan fingerprint density at radius 2 is 1.95 bits per heavy atom. The van der Waals surface area contributed by atoms with Gasteiger partial charge in [-0.2, -0.15) is 0 Å². The molecule has 8 heteroatoms. The predicted molar refractivity (Wildman–Crippen MR) is 79.4 cm³/mol. The summed E-state index contributed by atoms with van der Waals surface area (Å²) in [4.78, 5) is 36.1. The number of primary amides is 1. The average Bonchev–Trinajstić information content (AvgIpc) is 2.35. The Morgan fingerprint density at radius 3 is 2.48 bits per heavy atom. The molecule has 21 heavy (non-hydrogen) atoms. The number of hydrogen-bond acceptors (Lipinski definition) is 3. The van der Waals surface area contributed by atoms with Gasteiger partial charge in [-0.15, -0.1) is 0 Å². The van der Waals surface area contributed by atoms with E-state index in [4.69, 9.17) is 10.8 Å². The van der Waals surface area contributed by atoms with Crippen molar-refractivity contribution in [1.82, 2.24) is 9.80 Å². The monoisotopic (exact) mass is 357 g/mol. The average molecular weight is 358 g/mol. The molecule has 0 bridgehead atoms. The molecule has 114 valence electrons. The second-order valence-electron chi connectivity index (χ2n) is 4.48. The van der Waals surface area contributed by atoms with Crippen LogP contribution in [0.2, 0.25) is 0 Å². The number of rotatable bonds is 6. The number of urea groups is 1. The zero-order valence-corrected chi connectivity index (χ0v) is 13.0. The number of aliphatic carboxylic acids is 1. The molecule has 1 rings (SSSR count). The Bertz CT molecular complexity index is 534. The maximum Gasteiger partial charge on any atom is 0.323 e. The van der Waals surface area contributed by atoms with Gasteiger partial charge in [-0.1, -0.05) is 28.1 Å². The summed E-state index contributed by atoms with van der Waals surface area (Å²) in [7, 11) is 1.53. The number of nitrogens with zero attached hydrogens (tertiary/aromatic N) is 2. The molecule has 0 radical (unpaired) electrons. The van der Waals surface area contributed by atoms with E-state index >= 15 is 0 Å². The molecule has 0 aliphatic carbocycles. The highest BCUT2D eigenvalue weighted by atomic mass is 79.9. The molecular formula is C13H16BrN3O4. The van der Waals surface area contributed by atoms with Crippen molar-refractivity contribution in [3.05, 3.63) is 34.3 Å². The highest BCUT2D eigenvalue weighted by Crippen LogP contribution is 2.13. The second-order valence-corrected chi connectivity index (χ2v) is 5.40. The van der Waals surface area contributed by atoms with Crippen LogP contribution in [0.4, 0.5) is 4.79 Å². The van der Waals surface area contributed by atoms with Crippen LogP contribution >= 0.6 is 15.9 Å². The molecule has 7 nitrogen and oxygen atoms in total. The van der Waals surface area contributed by atoms with E-state index < -0.39 is 31.0 Å². The molecule has 0 saturated carbocycles. The summed E-state index contributed by atoms with van der Waals surface area (Å²) in [5.74, 6) is -1.97. The third-order valence-corrected chi connectivity index (χ3v) is 3.07. The third kappa shape index (κ3) is 5.82. The minimum absolute atomic E-state index is 0.285. The van der Waals surface area contributed by atoms with Crippen molar-refractivity contribution in [3.63, 3.8) is 0 Å². The van der Waals surface area contributed by atoms with Gasteiger partial charge in [0.05, 0.1) is 0 Å². The molecule has 0 fully saturated rings. The van der Waals surface area contributed by atoms with Crippen LogP contribution in [-0.2, 0) is 16.1 Å². The molecule has 0 atom stereocenters. The molecule has 3 N–H and O–H groups in total. The number of carboxylic acid groups (broad SMARTS) is 1. The largest absolute Gasteiger partial charge is 0.480 e. The van der Waals surface area contributed by atoms with E-state index in [1.807, 2.05) is 24.3 Å². The van der Waals surface area contributed by atoms with Crippen molar-refractivity contribution in [1.29, 1.82) is 0 Å². The number of amides is 3. The number of carbonyl (C=O) groups is 3. The summed E-state index contributed by atoms with van der Waals surface area (Å²) in [6.45, 7) is -0.730. The molecule has 0 aliphatic rings. The van der Waals surface area contributed by atoms with Crippen LogP contribution in [0.5, 0.6) is 0 Å². The zero-order valence-electron chi connectivity index (χ0n) is 11.5. The van der Waals surface area contributed by atoms with Gasteiger partial charge in [0.15, 0.2) is 0 Å². The molecular weight excluding hydrogens is 342 g/mol. The van der Waals surface area contributed by atoms with E-state index in [9.17, 15) is 14.4 Å². The Labute approximate surface area is 130 Å². The summed E-state index contributed by atoms with van der Waals surface area (Å²) in [6.07, 6.45) is 0. The van der Waals surface area contributed by atoms with Crippen LogP contribution < -0.4 is 5.73 Å². The first-order chi connectivity index (χ1) is 9.79. The van der Waals surface area contributed by atoms with Gasteiger partial charge in [-0.3, -0.25) is 9.59 Å². The Hall–Kier alpha value is -2.09. The van der Waals surface area contributed by atoms with Gasteiger partial charge < -0.3 is 20.6 Å². The van der Waals surface area contributed by atoms with E-state index in [0.717, 1.165) is 14.9 Å². The first-order valence-corrected chi connectivity index (χ1v) is 6.83. The van der Waals surface area contributed by atoms with Crippen LogP contribution in [0.3, 0.4) is 0 Å². The van der Waals surface area contributed by atoms with Gasteiger partial charge >= 0.3 is 12.0 Å².